The number of hydrogen-bond donors (Lipinski definition) is 1. The monoisotopic (exact) mass is 245 g/mol. The molecule has 1 aromatic carbocycles. The highest BCUT2D eigenvalue weighted by atomic mass is 14.9. The Bertz CT molecular complexity index is 351. The van der Waals surface area contributed by atoms with Crippen molar-refractivity contribution in [1.82, 2.24) is 5.32 Å². The topological polar surface area (TPSA) is 12.0 Å². The van der Waals surface area contributed by atoms with E-state index in [-0.39, 0.29) is 0 Å². The second-order valence-corrected chi connectivity index (χ2v) is 5.88. The molecule has 1 aliphatic carbocycles. The van der Waals surface area contributed by atoms with E-state index in [1.165, 1.54) is 32.1 Å². The van der Waals surface area contributed by atoms with Crippen molar-refractivity contribution in [1.29, 1.82) is 0 Å². The lowest BCUT2D eigenvalue weighted by Crippen LogP contribution is -2.49. The minimum Gasteiger partial charge on any atom is -0.316 e. The van der Waals surface area contributed by atoms with E-state index in [1.807, 2.05) is 0 Å². The summed E-state index contributed by atoms with van der Waals surface area (Å²) in [5.74, 6) is 0.730. The molecule has 1 nitrogen and oxygen atoms in total. The van der Waals surface area contributed by atoms with Gasteiger partial charge in [-0.2, -0.15) is 0 Å². The Balaban J connectivity index is 2.37. The second kappa shape index (κ2) is 5.88. The van der Waals surface area contributed by atoms with Crippen LogP contribution in [0.25, 0.3) is 0 Å². The molecule has 2 atom stereocenters. The Kier molecular flexibility index (Phi) is 4.45. The Morgan fingerprint density at radius 2 is 1.78 bits per heavy atom. The normalized spacial score (nSPS) is 21.7. The van der Waals surface area contributed by atoms with E-state index in [0.29, 0.717) is 11.5 Å². The SMILES string of the molecule is CCC(C)C(NC)C1(c2ccccc2)CCCC1. The first-order valence-electron chi connectivity index (χ1n) is 7.47. The molecule has 100 valence electrons. The van der Waals surface area contributed by atoms with E-state index >= 15 is 0 Å². The molecule has 1 heteroatoms. The molecule has 0 radical (unpaired) electrons. The van der Waals surface area contributed by atoms with Crippen molar-refractivity contribution in [2.45, 2.75) is 57.4 Å². The molecule has 1 aromatic rings. The van der Waals surface area contributed by atoms with Crippen molar-refractivity contribution in [3.8, 4) is 0 Å². The summed E-state index contributed by atoms with van der Waals surface area (Å²) in [6.45, 7) is 4.70. The van der Waals surface area contributed by atoms with Gasteiger partial charge in [-0.05, 0) is 31.4 Å². The molecule has 1 N–H and O–H groups in total. The largest absolute Gasteiger partial charge is 0.316 e. The van der Waals surface area contributed by atoms with Gasteiger partial charge in [-0.3, -0.25) is 0 Å². The van der Waals surface area contributed by atoms with Crippen molar-refractivity contribution in [2.75, 3.05) is 7.05 Å². The van der Waals surface area contributed by atoms with Gasteiger partial charge in [0, 0.05) is 11.5 Å². The predicted molar refractivity (Wildman–Crippen MR) is 78.9 cm³/mol. The molecular formula is C17H27N. The van der Waals surface area contributed by atoms with Gasteiger partial charge in [-0.1, -0.05) is 63.4 Å². The summed E-state index contributed by atoms with van der Waals surface area (Å²) < 4.78 is 0. The van der Waals surface area contributed by atoms with Crippen LogP contribution in [0, 0.1) is 5.92 Å². The van der Waals surface area contributed by atoms with Crippen LogP contribution in [-0.4, -0.2) is 13.1 Å². The fourth-order valence-electron chi connectivity index (χ4n) is 3.90. The third-order valence-electron chi connectivity index (χ3n) is 4.96. The molecular weight excluding hydrogens is 218 g/mol. The van der Waals surface area contributed by atoms with E-state index < -0.39 is 0 Å². The molecule has 18 heavy (non-hydrogen) atoms. The molecule has 0 amide bonds. The third-order valence-corrected chi connectivity index (χ3v) is 4.96. The number of hydrogen-bond acceptors (Lipinski definition) is 1. The first kappa shape index (κ1) is 13.6. The lowest BCUT2D eigenvalue weighted by atomic mass is 9.68. The summed E-state index contributed by atoms with van der Waals surface area (Å²) in [4.78, 5) is 0. The van der Waals surface area contributed by atoms with Gasteiger partial charge in [0.15, 0.2) is 0 Å². The lowest BCUT2D eigenvalue weighted by Gasteiger charge is -2.41. The van der Waals surface area contributed by atoms with Gasteiger partial charge in [0.1, 0.15) is 0 Å². The van der Waals surface area contributed by atoms with Crippen LogP contribution in [0.2, 0.25) is 0 Å². The number of nitrogens with one attached hydrogen (secondary N) is 1. The lowest BCUT2D eigenvalue weighted by molar-refractivity contribution is 0.233. The van der Waals surface area contributed by atoms with Crippen molar-refractivity contribution >= 4 is 0 Å². The summed E-state index contributed by atoms with van der Waals surface area (Å²) in [5, 5.41) is 3.63. The maximum absolute atomic E-state index is 3.63. The molecule has 0 saturated heterocycles. The van der Waals surface area contributed by atoms with E-state index in [0.717, 1.165) is 5.92 Å². The smallest absolute Gasteiger partial charge is 0.0186 e. The van der Waals surface area contributed by atoms with Gasteiger partial charge in [0.25, 0.3) is 0 Å². The van der Waals surface area contributed by atoms with Crippen molar-refractivity contribution in [3.63, 3.8) is 0 Å². The number of likely N-dealkylation sites (N-methyl/N-ethyl adjacent to an activating group) is 1. The van der Waals surface area contributed by atoms with Gasteiger partial charge in [-0.15, -0.1) is 0 Å². The van der Waals surface area contributed by atoms with Crippen LogP contribution in [0.4, 0.5) is 0 Å². The molecule has 0 aliphatic heterocycles. The number of rotatable bonds is 5. The van der Waals surface area contributed by atoms with Crippen molar-refractivity contribution in [2.24, 2.45) is 5.92 Å². The Morgan fingerprint density at radius 3 is 2.28 bits per heavy atom. The molecule has 2 rings (SSSR count). The van der Waals surface area contributed by atoms with Crippen LogP contribution < -0.4 is 5.32 Å². The van der Waals surface area contributed by atoms with Gasteiger partial charge < -0.3 is 5.32 Å². The van der Waals surface area contributed by atoms with Crippen LogP contribution >= 0.6 is 0 Å². The highest BCUT2D eigenvalue weighted by Crippen LogP contribution is 2.46. The van der Waals surface area contributed by atoms with Crippen molar-refractivity contribution < 1.29 is 0 Å². The summed E-state index contributed by atoms with van der Waals surface area (Å²) >= 11 is 0. The Morgan fingerprint density at radius 1 is 1.17 bits per heavy atom. The molecule has 0 bridgehead atoms. The van der Waals surface area contributed by atoms with Crippen LogP contribution in [0.5, 0.6) is 0 Å². The van der Waals surface area contributed by atoms with Crippen LogP contribution in [0.3, 0.4) is 0 Å². The van der Waals surface area contributed by atoms with E-state index in [9.17, 15) is 0 Å². The first-order chi connectivity index (χ1) is 8.74. The maximum Gasteiger partial charge on any atom is 0.0186 e. The molecule has 0 spiro atoms. The summed E-state index contributed by atoms with van der Waals surface area (Å²) in [6.07, 6.45) is 6.69. The summed E-state index contributed by atoms with van der Waals surface area (Å²) in [6, 6.07) is 11.8. The first-order valence-corrected chi connectivity index (χ1v) is 7.47. The second-order valence-electron chi connectivity index (χ2n) is 5.88. The van der Waals surface area contributed by atoms with E-state index in [1.54, 1.807) is 5.56 Å². The molecule has 1 aliphatic rings. The van der Waals surface area contributed by atoms with Gasteiger partial charge in [0.2, 0.25) is 0 Å². The molecule has 1 fully saturated rings. The molecule has 2 unspecified atom stereocenters. The fourth-order valence-corrected chi connectivity index (χ4v) is 3.90. The zero-order chi connectivity index (χ0) is 13.0. The number of benzene rings is 1. The maximum atomic E-state index is 3.63. The molecule has 0 aromatic heterocycles. The Labute approximate surface area is 112 Å². The summed E-state index contributed by atoms with van der Waals surface area (Å²) in [5.41, 5.74) is 1.91. The molecule has 1 saturated carbocycles. The minimum absolute atomic E-state index is 0.367. The molecule has 0 heterocycles. The van der Waals surface area contributed by atoms with Gasteiger partial charge in [-0.25, -0.2) is 0 Å². The van der Waals surface area contributed by atoms with Crippen LogP contribution in [-0.2, 0) is 5.41 Å². The van der Waals surface area contributed by atoms with E-state index in [4.69, 9.17) is 0 Å². The highest BCUT2D eigenvalue weighted by Gasteiger charge is 2.43. The van der Waals surface area contributed by atoms with Gasteiger partial charge in [0.05, 0.1) is 0 Å². The zero-order valence-corrected chi connectivity index (χ0v) is 12.1. The fraction of sp³-hybridized carbons (Fsp3) is 0.647. The average Bonchev–Trinajstić information content (AvgIpc) is 2.91. The van der Waals surface area contributed by atoms with Crippen LogP contribution in [0.15, 0.2) is 30.3 Å². The Hall–Kier alpha value is -0.820. The summed E-state index contributed by atoms with van der Waals surface area (Å²) in [7, 11) is 2.14. The highest BCUT2D eigenvalue weighted by molar-refractivity contribution is 5.29. The zero-order valence-electron chi connectivity index (χ0n) is 12.1. The standard InChI is InChI=1S/C17H27N/c1-4-14(2)16(18-3)17(12-8-9-13-17)15-10-6-5-7-11-15/h5-7,10-11,14,16,18H,4,8-9,12-13H2,1-3H3. The predicted octanol–water partition coefficient (Wildman–Crippen LogP) is 4.13. The minimum atomic E-state index is 0.367. The van der Waals surface area contributed by atoms with Gasteiger partial charge >= 0.3 is 0 Å². The van der Waals surface area contributed by atoms with Crippen LogP contribution in [0.1, 0.15) is 51.5 Å². The third kappa shape index (κ3) is 2.33. The average molecular weight is 245 g/mol. The quantitative estimate of drug-likeness (QED) is 0.822. The van der Waals surface area contributed by atoms with E-state index in [2.05, 4.69) is 56.5 Å². The van der Waals surface area contributed by atoms with Crippen molar-refractivity contribution in [3.05, 3.63) is 35.9 Å².